The maximum Gasteiger partial charge on any atom is 0.343 e. The lowest BCUT2D eigenvalue weighted by Gasteiger charge is -2.09. The average Bonchev–Trinajstić information content (AvgIpc) is 2.15. The zero-order valence-electron chi connectivity index (χ0n) is 7.57. The van der Waals surface area contributed by atoms with Crippen LogP contribution >= 0.6 is 0 Å². The summed E-state index contributed by atoms with van der Waals surface area (Å²) in [5, 5.41) is 17.9. The lowest BCUT2D eigenvalue weighted by atomic mass is 10.2. The molecule has 0 aliphatic carbocycles. The number of pyridine rings is 1. The summed E-state index contributed by atoms with van der Waals surface area (Å²) < 4.78 is 29.1. The van der Waals surface area contributed by atoms with Crippen molar-refractivity contribution in [3.8, 4) is 11.5 Å². The Morgan fingerprint density at radius 1 is 1.60 bits per heavy atom. The summed E-state index contributed by atoms with van der Waals surface area (Å²) in [7, 11) is 1.14. The molecule has 0 fully saturated rings. The number of aromatic hydroxyl groups is 1. The molecule has 15 heavy (non-hydrogen) atoms. The number of carboxylic acids is 1. The van der Waals surface area contributed by atoms with Crippen molar-refractivity contribution in [3.05, 3.63) is 17.5 Å². The van der Waals surface area contributed by atoms with Crippen molar-refractivity contribution in [1.29, 1.82) is 0 Å². The van der Waals surface area contributed by atoms with Crippen LogP contribution in [0.1, 0.15) is 22.5 Å². The second kappa shape index (κ2) is 4.07. The molecule has 1 aromatic heterocycles. The van der Waals surface area contributed by atoms with Gasteiger partial charge in [0.25, 0.3) is 6.43 Å². The van der Waals surface area contributed by atoms with E-state index in [4.69, 9.17) is 5.11 Å². The van der Waals surface area contributed by atoms with Crippen molar-refractivity contribution in [3.63, 3.8) is 0 Å². The van der Waals surface area contributed by atoms with E-state index >= 15 is 0 Å². The monoisotopic (exact) mass is 219 g/mol. The first-order chi connectivity index (χ1) is 6.99. The van der Waals surface area contributed by atoms with Gasteiger partial charge in [0.2, 0.25) is 0 Å². The Bertz CT molecular complexity index is 394. The molecule has 0 spiro atoms. The van der Waals surface area contributed by atoms with Crippen molar-refractivity contribution in [2.45, 2.75) is 6.43 Å². The van der Waals surface area contributed by atoms with Crippen molar-refractivity contribution in [2.24, 2.45) is 0 Å². The van der Waals surface area contributed by atoms with E-state index in [0.29, 0.717) is 0 Å². The summed E-state index contributed by atoms with van der Waals surface area (Å²) in [6.45, 7) is 0. The predicted octanol–water partition coefficient (Wildman–Crippen LogP) is 1.43. The maximum atomic E-state index is 12.3. The molecule has 0 radical (unpaired) electrons. The molecular weight excluding hydrogens is 212 g/mol. The molecule has 1 rings (SSSR count). The summed E-state index contributed by atoms with van der Waals surface area (Å²) in [4.78, 5) is 13.9. The molecular formula is C8H7F2NO4. The zero-order valence-corrected chi connectivity index (χ0v) is 7.57. The number of rotatable bonds is 3. The Morgan fingerprint density at radius 3 is 2.60 bits per heavy atom. The highest BCUT2D eigenvalue weighted by molar-refractivity contribution is 5.94. The summed E-state index contributed by atoms with van der Waals surface area (Å²) >= 11 is 0. The number of aromatic nitrogens is 1. The fourth-order valence-electron chi connectivity index (χ4n) is 1.02. The number of carbonyl (C=O) groups is 1. The van der Waals surface area contributed by atoms with Crippen LogP contribution in [0.4, 0.5) is 8.78 Å². The van der Waals surface area contributed by atoms with Gasteiger partial charge in [-0.1, -0.05) is 0 Å². The van der Waals surface area contributed by atoms with Gasteiger partial charge in [-0.05, 0) is 0 Å². The first-order valence-electron chi connectivity index (χ1n) is 3.76. The van der Waals surface area contributed by atoms with Gasteiger partial charge in [0.05, 0.1) is 13.3 Å². The Morgan fingerprint density at radius 2 is 2.20 bits per heavy atom. The molecule has 0 bridgehead atoms. The van der Waals surface area contributed by atoms with E-state index in [0.717, 1.165) is 13.3 Å². The van der Waals surface area contributed by atoms with Crippen molar-refractivity contribution in [2.75, 3.05) is 7.11 Å². The van der Waals surface area contributed by atoms with Gasteiger partial charge in [0.1, 0.15) is 11.3 Å². The van der Waals surface area contributed by atoms with Crippen molar-refractivity contribution in [1.82, 2.24) is 4.98 Å². The van der Waals surface area contributed by atoms with Gasteiger partial charge in [-0.15, -0.1) is 0 Å². The third-order valence-corrected chi connectivity index (χ3v) is 1.69. The molecule has 0 saturated heterocycles. The van der Waals surface area contributed by atoms with Gasteiger partial charge in [-0.3, -0.25) is 0 Å². The quantitative estimate of drug-likeness (QED) is 0.803. The van der Waals surface area contributed by atoms with E-state index in [1.165, 1.54) is 0 Å². The van der Waals surface area contributed by atoms with Gasteiger partial charge in [-0.2, -0.15) is 0 Å². The smallest absolute Gasteiger partial charge is 0.343 e. The van der Waals surface area contributed by atoms with Crippen LogP contribution in [0.15, 0.2) is 6.20 Å². The van der Waals surface area contributed by atoms with E-state index in [1.54, 1.807) is 0 Å². The van der Waals surface area contributed by atoms with Crippen LogP contribution in [0.25, 0.3) is 0 Å². The first-order valence-corrected chi connectivity index (χ1v) is 3.76. The first kappa shape index (κ1) is 11.2. The van der Waals surface area contributed by atoms with Gasteiger partial charge < -0.3 is 14.9 Å². The number of hydrogen-bond donors (Lipinski definition) is 2. The molecule has 0 aliphatic rings. The van der Waals surface area contributed by atoms with E-state index in [-0.39, 0.29) is 5.75 Å². The third kappa shape index (κ3) is 1.95. The van der Waals surface area contributed by atoms with Crippen LogP contribution in [0.5, 0.6) is 11.5 Å². The van der Waals surface area contributed by atoms with Crippen LogP contribution in [-0.4, -0.2) is 28.3 Å². The lowest BCUT2D eigenvalue weighted by molar-refractivity contribution is 0.0688. The Labute approximate surface area is 82.9 Å². The zero-order chi connectivity index (χ0) is 11.6. The molecule has 5 nitrogen and oxygen atoms in total. The summed E-state index contributed by atoms with van der Waals surface area (Å²) in [6.07, 6.45) is -2.22. The van der Waals surface area contributed by atoms with Crippen molar-refractivity contribution < 1.29 is 28.5 Å². The van der Waals surface area contributed by atoms with Crippen LogP contribution in [0, 0.1) is 0 Å². The van der Waals surface area contributed by atoms with Gasteiger partial charge in [0, 0.05) is 0 Å². The number of methoxy groups -OCH3 is 1. The number of ether oxygens (including phenoxy) is 1. The number of carboxylic acid groups (broad SMARTS) is 1. The van der Waals surface area contributed by atoms with Gasteiger partial charge in [-0.25, -0.2) is 18.6 Å². The number of aromatic carboxylic acids is 1. The van der Waals surface area contributed by atoms with E-state index in [1.807, 2.05) is 0 Å². The van der Waals surface area contributed by atoms with Crippen LogP contribution in [-0.2, 0) is 0 Å². The standard InChI is InChI=1S/C8H7F2NO4/c1-15-3-2-11-5(7(9)10)6(12)4(3)8(13)14/h2,7,12H,1H3,(H,13,14). The fourth-order valence-corrected chi connectivity index (χ4v) is 1.02. The molecule has 2 N–H and O–H groups in total. The molecule has 0 saturated carbocycles. The minimum absolute atomic E-state index is 0.274. The van der Waals surface area contributed by atoms with Gasteiger partial charge in [0.15, 0.2) is 11.5 Å². The fraction of sp³-hybridized carbons (Fsp3) is 0.250. The SMILES string of the molecule is COc1cnc(C(F)F)c(O)c1C(=O)O. The predicted molar refractivity (Wildman–Crippen MR) is 44.4 cm³/mol. The Kier molecular flexibility index (Phi) is 3.03. The molecule has 0 unspecified atom stereocenters. The normalized spacial score (nSPS) is 10.4. The van der Waals surface area contributed by atoms with Gasteiger partial charge >= 0.3 is 5.97 Å². The molecule has 0 atom stereocenters. The van der Waals surface area contributed by atoms with Crippen LogP contribution < -0.4 is 4.74 Å². The van der Waals surface area contributed by atoms with Crippen LogP contribution in [0.2, 0.25) is 0 Å². The average molecular weight is 219 g/mol. The number of halogens is 2. The topological polar surface area (TPSA) is 79.7 Å². The minimum atomic E-state index is -3.05. The largest absolute Gasteiger partial charge is 0.505 e. The second-order valence-corrected chi connectivity index (χ2v) is 2.54. The Hall–Kier alpha value is -1.92. The summed E-state index contributed by atoms with van der Waals surface area (Å²) in [6, 6.07) is 0. The molecule has 0 aromatic carbocycles. The van der Waals surface area contributed by atoms with Crippen molar-refractivity contribution >= 4 is 5.97 Å². The number of nitrogens with zero attached hydrogens (tertiary/aromatic N) is 1. The molecule has 82 valence electrons. The van der Waals surface area contributed by atoms with E-state index in [9.17, 15) is 18.7 Å². The third-order valence-electron chi connectivity index (χ3n) is 1.69. The maximum absolute atomic E-state index is 12.3. The molecule has 0 amide bonds. The second-order valence-electron chi connectivity index (χ2n) is 2.54. The highest BCUT2D eigenvalue weighted by Gasteiger charge is 2.25. The van der Waals surface area contributed by atoms with E-state index < -0.39 is 29.4 Å². The highest BCUT2D eigenvalue weighted by atomic mass is 19.3. The molecule has 1 aromatic rings. The number of hydrogen-bond acceptors (Lipinski definition) is 4. The molecule has 0 aliphatic heterocycles. The van der Waals surface area contributed by atoms with E-state index in [2.05, 4.69) is 9.72 Å². The lowest BCUT2D eigenvalue weighted by Crippen LogP contribution is -2.05. The minimum Gasteiger partial charge on any atom is -0.505 e. The molecule has 7 heteroatoms. The summed E-state index contributed by atoms with van der Waals surface area (Å²) in [5.74, 6) is -2.91. The Balaban J connectivity index is 3.42. The summed E-state index contributed by atoms with van der Waals surface area (Å²) in [5.41, 5.74) is -1.70. The highest BCUT2D eigenvalue weighted by Crippen LogP contribution is 2.34. The number of alkyl halides is 2. The van der Waals surface area contributed by atoms with Crippen LogP contribution in [0.3, 0.4) is 0 Å². The molecule has 1 heterocycles.